The van der Waals surface area contributed by atoms with E-state index in [1.165, 1.54) is 18.4 Å². The van der Waals surface area contributed by atoms with E-state index in [-0.39, 0.29) is 11.5 Å². The smallest absolute Gasteiger partial charge is 0.191 e. The number of furan rings is 1. The molecule has 0 amide bonds. The Morgan fingerprint density at radius 3 is 2.50 bits per heavy atom. The van der Waals surface area contributed by atoms with Gasteiger partial charge in [0.05, 0.1) is 18.8 Å². The lowest BCUT2D eigenvalue weighted by atomic mass is 9.96. The Bertz CT molecular complexity index is 690. The molecule has 140 valence electrons. The minimum Gasteiger partial charge on any atom is -0.468 e. The molecule has 0 saturated heterocycles. The first-order valence-corrected chi connectivity index (χ1v) is 9.42. The Kier molecular flexibility index (Phi) is 5.99. The normalized spacial score (nSPS) is 17.2. The van der Waals surface area contributed by atoms with Crippen molar-refractivity contribution in [1.82, 2.24) is 15.5 Å². The van der Waals surface area contributed by atoms with Crippen molar-refractivity contribution in [2.24, 2.45) is 4.99 Å². The summed E-state index contributed by atoms with van der Waals surface area (Å²) in [4.78, 5) is 7.04. The molecule has 1 aromatic heterocycles. The van der Waals surface area contributed by atoms with Crippen LogP contribution >= 0.6 is 0 Å². The van der Waals surface area contributed by atoms with Gasteiger partial charge in [0.15, 0.2) is 5.96 Å². The highest BCUT2D eigenvalue weighted by Crippen LogP contribution is 2.48. The first kappa shape index (κ1) is 18.5. The van der Waals surface area contributed by atoms with Gasteiger partial charge in [-0.25, -0.2) is 0 Å². The monoisotopic (exact) mass is 354 g/mol. The largest absolute Gasteiger partial charge is 0.468 e. The number of benzene rings is 1. The van der Waals surface area contributed by atoms with Crippen molar-refractivity contribution in [3.05, 3.63) is 60.1 Å². The van der Waals surface area contributed by atoms with Crippen LogP contribution < -0.4 is 10.6 Å². The molecular weight excluding hydrogens is 324 g/mol. The van der Waals surface area contributed by atoms with E-state index in [1.807, 2.05) is 12.1 Å². The van der Waals surface area contributed by atoms with E-state index in [0.717, 1.165) is 31.4 Å². The SMILES string of the molecule is CCNC(=NCC1(c2ccccc2)CC1)NCC(c1ccco1)N(C)C. The summed E-state index contributed by atoms with van der Waals surface area (Å²) in [6.07, 6.45) is 4.15. The van der Waals surface area contributed by atoms with Gasteiger partial charge in [0.25, 0.3) is 0 Å². The Labute approximate surface area is 156 Å². The van der Waals surface area contributed by atoms with E-state index in [1.54, 1.807) is 6.26 Å². The molecule has 0 radical (unpaired) electrons. The molecule has 26 heavy (non-hydrogen) atoms. The summed E-state index contributed by atoms with van der Waals surface area (Å²) < 4.78 is 5.59. The van der Waals surface area contributed by atoms with Crippen LogP contribution in [0.4, 0.5) is 0 Å². The zero-order valence-electron chi connectivity index (χ0n) is 16.0. The van der Waals surface area contributed by atoms with Crippen molar-refractivity contribution in [2.45, 2.75) is 31.2 Å². The molecule has 5 nitrogen and oxygen atoms in total. The summed E-state index contributed by atoms with van der Waals surface area (Å²) in [5, 5.41) is 6.84. The number of guanidine groups is 1. The van der Waals surface area contributed by atoms with Crippen molar-refractivity contribution in [3.63, 3.8) is 0 Å². The predicted molar refractivity (Wildman–Crippen MR) is 106 cm³/mol. The fourth-order valence-corrected chi connectivity index (χ4v) is 3.26. The molecule has 0 aliphatic heterocycles. The van der Waals surface area contributed by atoms with Gasteiger partial charge in [0, 0.05) is 18.5 Å². The highest BCUT2D eigenvalue weighted by atomic mass is 16.3. The first-order chi connectivity index (χ1) is 12.6. The van der Waals surface area contributed by atoms with Gasteiger partial charge in [0.2, 0.25) is 0 Å². The lowest BCUT2D eigenvalue weighted by molar-refractivity contribution is 0.258. The molecule has 1 aromatic carbocycles. The number of rotatable bonds is 8. The van der Waals surface area contributed by atoms with Crippen LogP contribution in [0, 0.1) is 0 Å². The van der Waals surface area contributed by atoms with E-state index in [0.29, 0.717) is 0 Å². The number of hydrogen-bond acceptors (Lipinski definition) is 3. The summed E-state index contributed by atoms with van der Waals surface area (Å²) in [5.74, 6) is 1.83. The van der Waals surface area contributed by atoms with Gasteiger partial charge in [-0.2, -0.15) is 0 Å². The molecule has 5 heteroatoms. The van der Waals surface area contributed by atoms with Crippen molar-refractivity contribution >= 4 is 5.96 Å². The molecule has 1 aliphatic carbocycles. The number of likely N-dealkylation sites (N-methyl/N-ethyl adjacent to an activating group) is 1. The maximum absolute atomic E-state index is 5.59. The topological polar surface area (TPSA) is 52.8 Å². The molecule has 1 unspecified atom stereocenters. The third-order valence-electron chi connectivity index (χ3n) is 5.08. The summed E-state index contributed by atoms with van der Waals surface area (Å²) in [6.45, 7) is 4.50. The van der Waals surface area contributed by atoms with Crippen molar-refractivity contribution in [1.29, 1.82) is 0 Å². The minimum atomic E-state index is 0.165. The zero-order chi connectivity index (χ0) is 18.4. The van der Waals surface area contributed by atoms with Gasteiger partial charge in [-0.1, -0.05) is 30.3 Å². The van der Waals surface area contributed by atoms with Gasteiger partial charge in [-0.05, 0) is 51.6 Å². The molecule has 1 saturated carbocycles. The van der Waals surface area contributed by atoms with E-state index < -0.39 is 0 Å². The third-order valence-corrected chi connectivity index (χ3v) is 5.08. The molecule has 0 bridgehead atoms. The molecule has 1 aliphatic rings. The quantitative estimate of drug-likeness (QED) is 0.565. The van der Waals surface area contributed by atoms with Crippen LogP contribution in [-0.2, 0) is 5.41 Å². The Balaban J connectivity index is 1.64. The third kappa shape index (κ3) is 4.47. The van der Waals surface area contributed by atoms with Crippen molar-refractivity contribution in [2.75, 3.05) is 33.7 Å². The van der Waals surface area contributed by atoms with Crippen LogP contribution in [0.2, 0.25) is 0 Å². The molecule has 3 rings (SSSR count). The van der Waals surface area contributed by atoms with Crippen LogP contribution in [0.15, 0.2) is 58.1 Å². The average Bonchev–Trinajstić information content (AvgIpc) is 3.26. The second kappa shape index (κ2) is 8.41. The summed E-state index contributed by atoms with van der Waals surface area (Å²) in [6, 6.07) is 14.9. The second-order valence-electron chi connectivity index (χ2n) is 7.22. The maximum Gasteiger partial charge on any atom is 0.191 e. The molecule has 1 atom stereocenters. The summed E-state index contributed by atoms with van der Waals surface area (Å²) in [5.41, 5.74) is 1.63. The molecule has 0 spiro atoms. The zero-order valence-corrected chi connectivity index (χ0v) is 16.0. The van der Waals surface area contributed by atoms with Crippen molar-refractivity contribution < 1.29 is 4.42 Å². The number of aliphatic imine (C=N–C) groups is 1. The average molecular weight is 354 g/mol. The fourth-order valence-electron chi connectivity index (χ4n) is 3.26. The molecule has 2 N–H and O–H groups in total. The van der Waals surface area contributed by atoms with E-state index in [4.69, 9.17) is 9.41 Å². The molecule has 2 aromatic rings. The highest BCUT2D eigenvalue weighted by molar-refractivity contribution is 5.79. The second-order valence-corrected chi connectivity index (χ2v) is 7.22. The van der Waals surface area contributed by atoms with Crippen LogP contribution in [0.5, 0.6) is 0 Å². The van der Waals surface area contributed by atoms with Gasteiger partial charge in [0.1, 0.15) is 5.76 Å². The first-order valence-electron chi connectivity index (χ1n) is 9.42. The van der Waals surface area contributed by atoms with Crippen molar-refractivity contribution in [3.8, 4) is 0 Å². The Morgan fingerprint density at radius 2 is 1.92 bits per heavy atom. The predicted octanol–water partition coefficient (Wildman–Crippen LogP) is 3.17. The molecule has 1 heterocycles. The van der Waals surface area contributed by atoms with Gasteiger partial charge < -0.3 is 15.1 Å². The minimum absolute atomic E-state index is 0.165. The fraction of sp³-hybridized carbons (Fsp3) is 0.476. The van der Waals surface area contributed by atoms with E-state index in [9.17, 15) is 0 Å². The number of nitrogens with one attached hydrogen (secondary N) is 2. The van der Waals surface area contributed by atoms with Crippen LogP contribution in [0.3, 0.4) is 0 Å². The summed E-state index contributed by atoms with van der Waals surface area (Å²) >= 11 is 0. The maximum atomic E-state index is 5.59. The highest BCUT2D eigenvalue weighted by Gasteiger charge is 2.44. The van der Waals surface area contributed by atoms with E-state index >= 15 is 0 Å². The lowest BCUT2D eigenvalue weighted by Crippen LogP contribution is -2.42. The standard InChI is InChI=1S/C21H30N4O/c1-4-22-20(23-15-18(25(2)3)19-11-8-14-26-19)24-16-21(12-13-21)17-9-6-5-7-10-17/h5-11,14,18H,4,12-13,15-16H2,1-3H3,(H2,22,23,24). The number of nitrogens with zero attached hydrogens (tertiary/aromatic N) is 2. The number of hydrogen-bond donors (Lipinski definition) is 2. The van der Waals surface area contributed by atoms with Crippen LogP contribution in [0.1, 0.15) is 37.1 Å². The van der Waals surface area contributed by atoms with Gasteiger partial charge in [-0.3, -0.25) is 9.89 Å². The van der Waals surface area contributed by atoms with Crippen LogP contribution in [0.25, 0.3) is 0 Å². The Morgan fingerprint density at radius 1 is 1.15 bits per heavy atom. The van der Waals surface area contributed by atoms with Crippen LogP contribution in [-0.4, -0.2) is 44.6 Å². The lowest BCUT2D eigenvalue weighted by Gasteiger charge is -2.24. The van der Waals surface area contributed by atoms with E-state index in [2.05, 4.69) is 66.9 Å². The van der Waals surface area contributed by atoms with Gasteiger partial charge >= 0.3 is 0 Å². The Hall–Kier alpha value is -2.27. The summed E-state index contributed by atoms with van der Waals surface area (Å²) in [7, 11) is 4.13. The molecular formula is C21H30N4O. The van der Waals surface area contributed by atoms with Gasteiger partial charge in [-0.15, -0.1) is 0 Å². The molecule has 1 fully saturated rings.